The van der Waals surface area contributed by atoms with Crippen molar-refractivity contribution in [2.24, 2.45) is 0 Å². The molecule has 44 valence electrons. The van der Waals surface area contributed by atoms with Gasteiger partial charge in [0.1, 0.15) is 0 Å². The number of hydrogen-bond acceptors (Lipinski definition) is 2. The molecule has 0 aromatic heterocycles. The van der Waals surface area contributed by atoms with Crippen LogP contribution in [0.25, 0.3) is 0 Å². The van der Waals surface area contributed by atoms with E-state index in [1.54, 1.807) is 0 Å². The van der Waals surface area contributed by atoms with Crippen LogP contribution in [-0.2, 0) is 0 Å². The molecule has 1 atom stereocenters. The third-order valence-corrected chi connectivity index (χ3v) is 1.24. The predicted molar refractivity (Wildman–Crippen MR) is 28.5 cm³/mol. The lowest BCUT2D eigenvalue weighted by atomic mass is 10.8. The molecule has 1 unspecified atom stereocenters. The minimum absolute atomic E-state index is 1.64. The third kappa shape index (κ3) is 3.38. The van der Waals surface area contributed by atoms with Gasteiger partial charge in [-0.05, 0) is 0 Å². The highest BCUT2D eigenvalue weighted by molar-refractivity contribution is 6.50. The first-order chi connectivity index (χ1) is 2.94. The van der Waals surface area contributed by atoms with Gasteiger partial charge in [-0.1, -0.05) is 34.8 Å². The number of rotatable bonds is 1. The minimum atomic E-state index is -2.23. The van der Waals surface area contributed by atoms with Gasteiger partial charge in [-0.3, -0.25) is 0 Å². The van der Waals surface area contributed by atoms with Crippen LogP contribution in [0.3, 0.4) is 0 Å². The van der Waals surface area contributed by atoms with Crippen LogP contribution in [0.4, 0.5) is 0 Å². The molecule has 0 aliphatic carbocycles. The SMILES string of the molecule is OC(Cl)C(O)(Cl)Cl. The predicted octanol–water partition coefficient (Wildman–Crippen LogP) is 0.667. The maximum absolute atomic E-state index is 8.24. The topological polar surface area (TPSA) is 40.5 Å². The summed E-state index contributed by atoms with van der Waals surface area (Å²) in [5.41, 5.74) is -1.64. The normalized spacial score (nSPS) is 16.7. The first-order valence-corrected chi connectivity index (χ1v) is 2.56. The van der Waals surface area contributed by atoms with Crippen LogP contribution in [0.1, 0.15) is 0 Å². The zero-order valence-corrected chi connectivity index (χ0v) is 5.37. The molecule has 7 heavy (non-hydrogen) atoms. The lowest BCUT2D eigenvalue weighted by molar-refractivity contribution is 0.0953. The van der Waals surface area contributed by atoms with Gasteiger partial charge >= 0.3 is 0 Å². The molecule has 0 radical (unpaired) electrons. The van der Waals surface area contributed by atoms with E-state index < -0.39 is 10.1 Å². The van der Waals surface area contributed by atoms with Gasteiger partial charge in [0.25, 0.3) is 4.52 Å². The summed E-state index contributed by atoms with van der Waals surface area (Å²) < 4.78 is -2.23. The van der Waals surface area contributed by atoms with Crippen molar-refractivity contribution in [2.75, 3.05) is 0 Å². The monoisotopic (exact) mass is 164 g/mol. The van der Waals surface area contributed by atoms with Crippen LogP contribution in [0.2, 0.25) is 0 Å². The molecular weight excluding hydrogens is 162 g/mol. The van der Waals surface area contributed by atoms with Gasteiger partial charge in [0.05, 0.1) is 0 Å². The number of aliphatic hydroxyl groups excluding tert-OH is 1. The highest BCUT2D eigenvalue weighted by Crippen LogP contribution is 2.23. The molecule has 0 aliphatic rings. The Labute approximate surface area is 55.6 Å². The summed E-state index contributed by atoms with van der Waals surface area (Å²) in [7, 11) is 0. The number of halogens is 3. The van der Waals surface area contributed by atoms with Crippen molar-refractivity contribution in [1.82, 2.24) is 0 Å². The van der Waals surface area contributed by atoms with Crippen molar-refractivity contribution in [3.05, 3.63) is 0 Å². The molecule has 0 fully saturated rings. The fourth-order valence-corrected chi connectivity index (χ4v) is 0. The molecule has 0 bridgehead atoms. The highest BCUT2D eigenvalue weighted by atomic mass is 35.5. The van der Waals surface area contributed by atoms with Crippen LogP contribution in [0.5, 0.6) is 0 Å². The maximum atomic E-state index is 8.24. The Hall–Kier alpha value is 0.790. The number of aliphatic hydroxyl groups is 2. The van der Waals surface area contributed by atoms with Crippen molar-refractivity contribution in [2.45, 2.75) is 10.1 Å². The quantitative estimate of drug-likeness (QED) is 0.561. The lowest BCUT2D eigenvalue weighted by Gasteiger charge is -2.11. The average molecular weight is 165 g/mol. The van der Waals surface area contributed by atoms with E-state index in [4.69, 9.17) is 45.0 Å². The summed E-state index contributed by atoms with van der Waals surface area (Å²) in [4.78, 5) is 0. The molecule has 2 nitrogen and oxygen atoms in total. The second kappa shape index (κ2) is 2.37. The Morgan fingerprint density at radius 3 is 1.57 bits per heavy atom. The summed E-state index contributed by atoms with van der Waals surface area (Å²) >= 11 is 14.4. The lowest BCUT2D eigenvalue weighted by Crippen LogP contribution is -2.24. The Balaban J connectivity index is 3.54. The molecule has 5 heteroatoms. The zero-order chi connectivity index (χ0) is 6.08. The Morgan fingerprint density at radius 1 is 1.43 bits per heavy atom. The van der Waals surface area contributed by atoms with Crippen molar-refractivity contribution in [3.8, 4) is 0 Å². The van der Waals surface area contributed by atoms with Gasteiger partial charge in [-0.2, -0.15) is 0 Å². The fourth-order valence-electron chi connectivity index (χ4n) is 0. The van der Waals surface area contributed by atoms with Crippen LogP contribution in [0.15, 0.2) is 0 Å². The van der Waals surface area contributed by atoms with Crippen molar-refractivity contribution in [3.63, 3.8) is 0 Å². The summed E-state index contributed by atoms with van der Waals surface area (Å²) in [6.07, 6.45) is 0. The van der Waals surface area contributed by atoms with E-state index in [2.05, 4.69) is 0 Å². The Bertz CT molecular complexity index is 56.4. The van der Waals surface area contributed by atoms with Crippen molar-refractivity contribution in [1.29, 1.82) is 0 Å². The van der Waals surface area contributed by atoms with Gasteiger partial charge < -0.3 is 10.2 Å². The first kappa shape index (κ1) is 7.79. The van der Waals surface area contributed by atoms with Crippen LogP contribution < -0.4 is 0 Å². The maximum Gasteiger partial charge on any atom is 0.255 e. The molecule has 0 aromatic carbocycles. The van der Waals surface area contributed by atoms with Gasteiger partial charge in [0, 0.05) is 0 Å². The molecular formula is C2H3Cl3O2. The second-order valence-electron chi connectivity index (χ2n) is 0.924. The minimum Gasteiger partial charge on any atom is -0.372 e. The number of alkyl halides is 3. The third-order valence-electron chi connectivity index (χ3n) is 0.287. The zero-order valence-electron chi connectivity index (χ0n) is 3.11. The molecule has 0 saturated carbocycles. The molecule has 0 aromatic rings. The second-order valence-corrected chi connectivity index (χ2v) is 2.68. The van der Waals surface area contributed by atoms with E-state index in [-0.39, 0.29) is 0 Å². The van der Waals surface area contributed by atoms with E-state index >= 15 is 0 Å². The molecule has 0 amide bonds. The number of hydrogen-bond donors (Lipinski definition) is 2. The summed E-state index contributed by atoms with van der Waals surface area (Å²) in [6, 6.07) is 0. The van der Waals surface area contributed by atoms with Gasteiger partial charge in [-0.25, -0.2) is 0 Å². The Morgan fingerprint density at radius 2 is 1.57 bits per heavy atom. The standard InChI is InChI=1S/C2H3Cl3O2/c3-1(6)2(4,5)7/h1,6-7H. The average Bonchev–Trinajstić information content (AvgIpc) is 1.31. The summed E-state index contributed by atoms with van der Waals surface area (Å²) in [6.45, 7) is 0. The van der Waals surface area contributed by atoms with E-state index in [0.29, 0.717) is 0 Å². The van der Waals surface area contributed by atoms with E-state index in [0.717, 1.165) is 0 Å². The molecule has 2 N–H and O–H groups in total. The van der Waals surface area contributed by atoms with E-state index in [9.17, 15) is 0 Å². The van der Waals surface area contributed by atoms with Crippen molar-refractivity contribution >= 4 is 34.8 Å². The largest absolute Gasteiger partial charge is 0.372 e. The molecule has 0 rings (SSSR count). The van der Waals surface area contributed by atoms with Crippen molar-refractivity contribution < 1.29 is 10.2 Å². The summed E-state index contributed by atoms with van der Waals surface area (Å²) in [5.74, 6) is 0. The fraction of sp³-hybridized carbons (Fsp3) is 1.00. The van der Waals surface area contributed by atoms with Gasteiger partial charge in [0.15, 0.2) is 5.56 Å². The van der Waals surface area contributed by atoms with E-state index in [1.807, 2.05) is 0 Å². The van der Waals surface area contributed by atoms with Gasteiger partial charge in [0.2, 0.25) is 0 Å². The van der Waals surface area contributed by atoms with Crippen LogP contribution in [-0.4, -0.2) is 20.3 Å². The summed E-state index contributed by atoms with van der Waals surface area (Å²) in [5, 5.41) is 16.4. The van der Waals surface area contributed by atoms with Gasteiger partial charge in [-0.15, -0.1) is 0 Å². The van der Waals surface area contributed by atoms with E-state index in [1.165, 1.54) is 0 Å². The molecule has 0 saturated heterocycles. The molecule has 0 spiro atoms. The molecule has 0 aliphatic heterocycles. The highest BCUT2D eigenvalue weighted by Gasteiger charge is 2.27. The molecule has 0 heterocycles. The van der Waals surface area contributed by atoms with Crippen LogP contribution in [0, 0.1) is 0 Å². The smallest absolute Gasteiger partial charge is 0.255 e. The van der Waals surface area contributed by atoms with Crippen LogP contribution >= 0.6 is 34.8 Å². The Kier molecular flexibility index (Phi) is 2.64. The first-order valence-electron chi connectivity index (χ1n) is 1.37.